The van der Waals surface area contributed by atoms with E-state index in [4.69, 9.17) is 9.52 Å². The van der Waals surface area contributed by atoms with Crippen LogP contribution >= 0.6 is 0 Å². The summed E-state index contributed by atoms with van der Waals surface area (Å²) < 4.78 is 5.06. The van der Waals surface area contributed by atoms with Crippen molar-refractivity contribution in [3.05, 3.63) is 34.2 Å². The number of carbonyl (C=O) groups is 1. The lowest BCUT2D eigenvalue weighted by molar-refractivity contribution is 0.209. The fourth-order valence-corrected chi connectivity index (χ4v) is 1.78. The van der Waals surface area contributed by atoms with Crippen molar-refractivity contribution in [1.82, 2.24) is 0 Å². The first kappa shape index (κ1) is 12.0. The fourth-order valence-electron chi connectivity index (χ4n) is 1.78. The van der Waals surface area contributed by atoms with Gasteiger partial charge in [0, 0.05) is 10.9 Å². The Morgan fingerprint density at radius 1 is 1.44 bits per heavy atom. The number of amides is 1. The molecule has 0 radical (unpaired) electrons. The van der Waals surface area contributed by atoms with Crippen molar-refractivity contribution >= 4 is 22.7 Å². The van der Waals surface area contributed by atoms with Gasteiger partial charge in [0.1, 0.15) is 17.0 Å². The van der Waals surface area contributed by atoms with Crippen LogP contribution in [-0.4, -0.2) is 16.3 Å². The third-order valence-corrected chi connectivity index (χ3v) is 2.58. The summed E-state index contributed by atoms with van der Waals surface area (Å²) in [4.78, 5) is 22.1. The van der Waals surface area contributed by atoms with Crippen LogP contribution in [0.25, 0.3) is 11.0 Å². The molecule has 6 nitrogen and oxygen atoms in total. The maximum atomic E-state index is 11.6. The van der Waals surface area contributed by atoms with Crippen LogP contribution < -0.4 is 10.9 Å². The second-order valence-electron chi connectivity index (χ2n) is 3.71. The number of aryl methyl sites for hydroxylation is 1. The summed E-state index contributed by atoms with van der Waals surface area (Å²) in [6.07, 6.45) is -0.839. The number of phenols is 1. The molecule has 18 heavy (non-hydrogen) atoms. The number of hydrogen-bond donors (Lipinski definition) is 3. The normalized spacial score (nSPS) is 10.5. The minimum atomic E-state index is -1.34. The molecule has 6 heteroatoms. The molecule has 0 atom stereocenters. The number of hydrogen-bond acceptors (Lipinski definition) is 4. The van der Waals surface area contributed by atoms with Crippen LogP contribution in [0.2, 0.25) is 0 Å². The van der Waals surface area contributed by atoms with Gasteiger partial charge in [0.2, 0.25) is 0 Å². The maximum absolute atomic E-state index is 11.6. The van der Waals surface area contributed by atoms with Crippen LogP contribution in [0.1, 0.15) is 12.5 Å². The highest BCUT2D eigenvalue weighted by Crippen LogP contribution is 2.27. The second-order valence-corrected chi connectivity index (χ2v) is 3.71. The predicted molar refractivity (Wildman–Crippen MR) is 65.2 cm³/mol. The molecule has 0 saturated heterocycles. The van der Waals surface area contributed by atoms with E-state index >= 15 is 0 Å². The first-order valence-electron chi connectivity index (χ1n) is 5.31. The van der Waals surface area contributed by atoms with Crippen LogP contribution in [0.5, 0.6) is 5.75 Å². The van der Waals surface area contributed by atoms with E-state index in [1.165, 1.54) is 12.1 Å². The molecule has 2 aromatic rings. The SMILES string of the molecule is CCc1c(O)ccc2cc(NC(=O)O)c(=O)oc12. The van der Waals surface area contributed by atoms with Gasteiger partial charge in [-0.2, -0.15) is 0 Å². The summed E-state index contributed by atoms with van der Waals surface area (Å²) in [5, 5.41) is 20.7. The maximum Gasteiger partial charge on any atom is 0.409 e. The molecule has 0 fully saturated rings. The van der Waals surface area contributed by atoms with Crippen molar-refractivity contribution in [2.24, 2.45) is 0 Å². The Balaban J connectivity index is 2.71. The first-order chi connectivity index (χ1) is 8.52. The van der Waals surface area contributed by atoms with E-state index in [-0.39, 0.29) is 17.0 Å². The monoisotopic (exact) mass is 249 g/mol. The van der Waals surface area contributed by atoms with Crippen LogP contribution in [0, 0.1) is 0 Å². The Kier molecular flexibility index (Phi) is 2.93. The summed E-state index contributed by atoms with van der Waals surface area (Å²) in [5.74, 6) is 0.0482. The summed E-state index contributed by atoms with van der Waals surface area (Å²) in [6.45, 7) is 1.82. The molecule has 2 rings (SSSR count). The molecule has 0 aliphatic carbocycles. The molecule has 1 aromatic carbocycles. The number of rotatable bonds is 2. The number of carboxylic acid groups (broad SMARTS) is 1. The quantitative estimate of drug-likeness (QED) is 0.708. The lowest BCUT2D eigenvalue weighted by Crippen LogP contribution is -2.15. The molecule has 0 unspecified atom stereocenters. The number of nitrogens with one attached hydrogen (secondary N) is 1. The Hall–Kier alpha value is -2.50. The largest absolute Gasteiger partial charge is 0.508 e. The molecule has 0 aliphatic rings. The zero-order valence-electron chi connectivity index (χ0n) is 9.56. The fraction of sp³-hybridized carbons (Fsp3) is 0.167. The third kappa shape index (κ3) is 2.00. The lowest BCUT2D eigenvalue weighted by atomic mass is 10.1. The lowest BCUT2D eigenvalue weighted by Gasteiger charge is -2.06. The number of anilines is 1. The molecule has 0 aliphatic heterocycles. The van der Waals surface area contributed by atoms with Crippen LogP contribution in [0.4, 0.5) is 10.5 Å². The van der Waals surface area contributed by atoms with Crippen molar-refractivity contribution < 1.29 is 19.4 Å². The molecule has 94 valence electrons. The van der Waals surface area contributed by atoms with E-state index in [1.807, 2.05) is 12.2 Å². The average molecular weight is 249 g/mol. The van der Waals surface area contributed by atoms with Crippen LogP contribution in [-0.2, 0) is 6.42 Å². The number of benzene rings is 1. The highest BCUT2D eigenvalue weighted by Gasteiger charge is 2.12. The van der Waals surface area contributed by atoms with Crippen molar-refractivity contribution in [2.75, 3.05) is 5.32 Å². The molecule has 0 saturated carbocycles. The van der Waals surface area contributed by atoms with E-state index < -0.39 is 11.7 Å². The minimum absolute atomic E-state index is 0.0482. The summed E-state index contributed by atoms with van der Waals surface area (Å²) >= 11 is 0. The topological polar surface area (TPSA) is 99.8 Å². The van der Waals surface area contributed by atoms with Crippen molar-refractivity contribution in [1.29, 1.82) is 0 Å². The Bertz CT molecular complexity index is 674. The highest BCUT2D eigenvalue weighted by atomic mass is 16.4. The Morgan fingerprint density at radius 3 is 2.78 bits per heavy atom. The van der Waals surface area contributed by atoms with E-state index in [2.05, 4.69) is 0 Å². The summed E-state index contributed by atoms with van der Waals surface area (Å²) in [7, 11) is 0. The first-order valence-corrected chi connectivity index (χ1v) is 5.31. The predicted octanol–water partition coefficient (Wildman–Crippen LogP) is 2.15. The summed E-state index contributed by atoms with van der Waals surface area (Å²) in [6, 6.07) is 4.42. The van der Waals surface area contributed by atoms with Gasteiger partial charge in [-0.3, -0.25) is 5.32 Å². The van der Waals surface area contributed by atoms with Crippen molar-refractivity contribution in [2.45, 2.75) is 13.3 Å². The zero-order chi connectivity index (χ0) is 13.3. The second kappa shape index (κ2) is 4.40. The van der Waals surface area contributed by atoms with E-state index in [0.717, 1.165) is 0 Å². The molecular formula is C12H11NO5. The minimum Gasteiger partial charge on any atom is -0.508 e. The molecule has 1 heterocycles. The molecule has 3 N–H and O–H groups in total. The molecule has 0 spiro atoms. The van der Waals surface area contributed by atoms with Gasteiger partial charge in [-0.25, -0.2) is 9.59 Å². The standard InChI is InChI=1S/C12H11NO5/c1-2-7-9(14)4-3-6-5-8(13-12(16)17)11(15)18-10(6)7/h3-5,13-14H,2H2,1H3,(H,16,17). The highest BCUT2D eigenvalue weighted by molar-refractivity contribution is 5.88. The van der Waals surface area contributed by atoms with Gasteiger partial charge >= 0.3 is 11.7 Å². The van der Waals surface area contributed by atoms with Gasteiger partial charge in [0.15, 0.2) is 0 Å². The van der Waals surface area contributed by atoms with Crippen molar-refractivity contribution in [3.8, 4) is 5.75 Å². The van der Waals surface area contributed by atoms with Crippen LogP contribution in [0.3, 0.4) is 0 Å². The van der Waals surface area contributed by atoms with Gasteiger partial charge in [-0.1, -0.05) is 6.92 Å². The molecule has 1 aromatic heterocycles. The molecule has 1 amide bonds. The zero-order valence-corrected chi connectivity index (χ0v) is 9.56. The van der Waals surface area contributed by atoms with Crippen molar-refractivity contribution in [3.63, 3.8) is 0 Å². The van der Waals surface area contributed by atoms with E-state index in [0.29, 0.717) is 17.4 Å². The van der Waals surface area contributed by atoms with E-state index in [1.54, 1.807) is 6.07 Å². The number of phenolic OH excluding ortho intramolecular Hbond substituents is 1. The van der Waals surface area contributed by atoms with Gasteiger partial charge < -0.3 is 14.6 Å². The molecule has 0 bridgehead atoms. The Morgan fingerprint density at radius 2 is 2.17 bits per heavy atom. The average Bonchev–Trinajstić information content (AvgIpc) is 2.30. The van der Waals surface area contributed by atoms with Gasteiger partial charge in [-0.15, -0.1) is 0 Å². The molecular weight excluding hydrogens is 238 g/mol. The van der Waals surface area contributed by atoms with Gasteiger partial charge in [0.25, 0.3) is 0 Å². The number of fused-ring (bicyclic) bond motifs is 1. The summed E-state index contributed by atoms with van der Waals surface area (Å²) in [5.41, 5.74) is -0.141. The van der Waals surface area contributed by atoms with Gasteiger partial charge in [-0.05, 0) is 24.6 Å². The van der Waals surface area contributed by atoms with E-state index in [9.17, 15) is 14.7 Å². The Labute approximate surface area is 101 Å². The number of aromatic hydroxyl groups is 1. The third-order valence-electron chi connectivity index (χ3n) is 2.58. The smallest absolute Gasteiger partial charge is 0.409 e. The van der Waals surface area contributed by atoms with Gasteiger partial charge in [0.05, 0.1) is 0 Å². The van der Waals surface area contributed by atoms with Crippen LogP contribution in [0.15, 0.2) is 27.4 Å².